The van der Waals surface area contributed by atoms with Crippen molar-refractivity contribution in [2.45, 2.75) is 18.9 Å². The van der Waals surface area contributed by atoms with Crippen LogP contribution in [0.1, 0.15) is 28.7 Å². The Morgan fingerprint density at radius 2 is 1.50 bits per heavy atom. The van der Waals surface area contributed by atoms with Gasteiger partial charge in [-0.2, -0.15) is 5.26 Å². The Hall–Kier alpha value is -2.63. The number of rotatable bonds is 3. The summed E-state index contributed by atoms with van der Waals surface area (Å²) in [5, 5.41) is 22.5. The lowest BCUT2D eigenvalue weighted by atomic mass is 9.86. The quantitative estimate of drug-likeness (QED) is 0.771. The number of aliphatic hydroxyl groups excluding tert-OH is 1. The van der Waals surface area contributed by atoms with Crippen LogP contribution in [0.2, 0.25) is 0 Å². The highest BCUT2D eigenvalue weighted by molar-refractivity contribution is 5.86. The molecule has 0 aliphatic heterocycles. The monoisotopic (exact) mass is 287 g/mol. The smallest absolute Gasteiger partial charge is 0.102 e. The van der Waals surface area contributed by atoms with Gasteiger partial charge in [0.25, 0.3) is 0 Å². The van der Waals surface area contributed by atoms with Gasteiger partial charge in [0.15, 0.2) is 0 Å². The van der Waals surface area contributed by atoms with E-state index in [1.807, 2.05) is 73.7 Å². The minimum Gasteiger partial charge on any atom is -0.387 e. The molecule has 0 radical (unpaired) electrons. The first-order valence-electron chi connectivity index (χ1n) is 7.33. The molecule has 0 saturated heterocycles. The molecule has 0 aliphatic carbocycles. The van der Waals surface area contributed by atoms with Crippen LogP contribution in [-0.2, 0) is 0 Å². The summed E-state index contributed by atoms with van der Waals surface area (Å²) in [6.45, 7) is 1.95. The SMILES string of the molecule is Cc1ccccc1[C@H](O)[C@H](C#N)c1cccc2ccccc12. The summed E-state index contributed by atoms with van der Waals surface area (Å²) in [6.07, 6.45) is -0.836. The van der Waals surface area contributed by atoms with Gasteiger partial charge in [0.05, 0.1) is 12.2 Å². The van der Waals surface area contributed by atoms with Gasteiger partial charge in [-0.1, -0.05) is 66.7 Å². The Balaban J connectivity index is 2.11. The van der Waals surface area contributed by atoms with Crippen molar-refractivity contribution in [3.05, 3.63) is 83.4 Å². The highest BCUT2D eigenvalue weighted by Gasteiger charge is 2.25. The Labute approximate surface area is 130 Å². The molecule has 3 aromatic rings. The van der Waals surface area contributed by atoms with Crippen molar-refractivity contribution in [1.29, 1.82) is 5.26 Å². The van der Waals surface area contributed by atoms with Crippen molar-refractivity contribution in [3.8, 4) is 6.07 Å². The molecule has 0 bridgehead atoms. The second-order valence-corrected chi connectivity index (χ2v) is 5.48. The van der Waals surface area contributed by atoms with Crippen LogP contribution in [0.3, 0.4) is 0 Å². The molecule has 0 spiro atoms. The minimum absolute atomic E-state index is 0.591. The molecular weight excluding hydrogens is 270 g/mol. The average molecular weight is 287 g/mol. The maximum absolute atomic E-state index is 10.8. The van der Waals surface area contributed by atoms with Crippen LogP contribution in [0.15, 0.2) is 66.7 Å². The van der Waals surface area contributed by atoms with E-state index in [-0.39, 0.29) is 0 Å². The standard InChI is InChI=1S/C20H17NO/c1-14-7-2-4-10-16(14)20(22)19(13-21)18-12-6-9-15-8-3-5-11-17(15)18/h2-12,19-20,22H,1H3/t19-,20+/m1/s1. The molecule has 2 nitrogen and oxygen atoms in total. The molecule has 2 atom stereocenters. The van der Waals surface area contributed by atoms with Gasteiger partial charge in [0, 0.05) is 0 Å². The van der Waals surface area contributed by atoms with E-state index >= 15 is 0 Å². The van der Waals surface area contributed by atoms with Crippen molar-refractivity contribution in [2.24, 2.45) is 0 Å². The summed E-state index contributed by atoms with van der Waals surface area (Å²) in [6, 6.07) is 23.8. The molecule has 1 N–H and O–H groups in total. The van der Waals surface area contributed by atoms with E-state index in [1.165, 1.54) is 0 Å². The van der Waals surface area contributed by atoms with E-state index in [9.17, 15) is 10.4 Å². The van der Waals surface area contributed by atoms with E-state index in [2.05, 4.69) is 6.07 Å². The summed E-state index contributed by atoms with van der Waals surface area (Å²) in [5.74, 6) is -0.591. The van der Waals surface area contributed by atoms with Gasteiger partial charge in [-0.05, 0) is 34.4 Å². The number of aryl methyl sites for hydroxylation is 1. The Morgan fingerprint density at radius 1 is 0.864 bits per heavy atom. The van der Waals surface area contributed by atoms with E-state index < -0.39 is 12.0 Å². The summed E-state index contributed by atoms with van der Waals surface area (Å²) in [4.78, 5) is 0. The summed E-state index contributed by atoms with van der Waals surface area (Å²) < 4.78 is 0. The van der Waals surface area contributed by atoms with Gasteiger partial charge < -0.3 is 5.11 Å². The zero-order valence-corrected chi connectivity index (χ0v) is 12.4. The van der Waals surface area contributed by atoms with Crippen LogP contribution in [0.25, 0.3) is 10.8 Å². The molecule has 0 aromatic heterocycles. The predicted molar refractivity (Wildman–Crippen MR) is 88.4 cm³/mol. The normalized spacial score (nSPS) is 13.5. The summed E-state index contributed by atoms with van der Waals surface area (Å²) >= 11 is 0. The fourth-order valence-electron chi connectivity index (χ4n) is 2.93. The highest BCUT2D eigenvalue weighted by Crippen LogP contribution is 2.35. The Kier molecular flexibility index (Phi) is 3.91. The van der Waals surface area contributed by atoms with E-state index in [0.29, 0.717) is 0 Å². The molecule has 0 amide bonds. The van der Waals surface area contributed by atoms with Gasteiger partial charge in [0.2, 0.25) is 0 Å². The zero-order chi connectivity index (χ0) is 15.5. The van der Waals surface area contributed by atoms with Gasteiger partial charge in [-0.15, -0.1) is 0 Å². The van der Waals surface area contributed by atoms with Gasteiger partial charge in [0.1, 0.15) is 5.92 Å². The van der Waals surface area contributed by atoms with Gasteiger partial charge in [-0.3, -0.25) is 0 Å². The Bertz CT molecular complexity index is 842. The largest absolute Gasteiger partial charge is 0.387 e. The molecule has 0 fully saturated rings. The van der Waals surface area contributed by atoms with Crippen LogP contribution in [0, 0.1) is 18.3 Å². The molecule has 22 heavy (non-hydrogen) atoms. The molecule has 0 aliphatic rings. The molecule has 108 valence electrons. The van der Waals surface area contributed by atoms with E-state index in [1.54, 1.807) is 0 Å². The predicted octanol–water partition coefficient (Wildman–Crippen LogP) is 4.49. The van der Waals surface area contributed by atoms with Crippen LogP contribution >= 0.6 is 0 Å². The molecule has 0 heterocycles. The van der Waals surface area contributed by atoms with Crippen molar-refractivity contribution in [2.75, 3.05) is 0 Å². The number of benzene rings is 3. The molecular formula is C20H17NO. The number of nitrogens with zero attached hydrogens (tertiary/aromatic N) is 1. The van der Waals surface area contributed by atoms with Crippen molar-refractivity contribution < 1.29 is 5.11 Å². The first kappa shape index (κ1) is 14.3. The third-order valence-electron chi connectivity index (χ3n) is 4.12. The molecule has 3 aromatic carbocycles. The average Bonchev–Trinajstić information content (AvgIpc) is 2.56. The third kappa shape index (κ3) is 2.47. The molecule has 3 rings (SSSR count). The van der Waals surface area contributed by atoms with Crippen LogP contribution in [-0.4, -0.2) is 5.11 Å². The first-order valence-corrected chi connectivity index (χ1v) is 7.33. The topological polar surface area (TPSA) is 44.0 Å². The number of aliphatic hydroxyl groups is 1. The maximum atomic E-state index is 10.8. The zero-order valence-electron chi connectivity index (χ0n) is 12.4. The van der Waals surface area contributed by atoms with Crippen molar-refractivity contribution >= 4 is 10.8 Å². The highest BCUT2D eigenvalue weighted by atomic mass is 16.3. The van der Waals surface area contributed by atoms with E-state index in [4.69, 9.17) is 0 Å². The Morgan fingerprint density at radius 3 is 2.27 bits per heavy atom. The first-order chi connectivity index (χ1) is 10.7. The second-order valence-electron chi connectivity index (χ2n) is 5.48. The van der Waals surface area contributed by atoms with Gasteiger partial charge >= 0.3 is 0 Å². The molecule has 2 heteroatoms. The number of hydrogen-bond donors (Lipinski definition) is 1. The van der Waals surface area contributed by atoms with Crippen LogP contribution in [0.4, 0.5) is 0 Å². The molecule has 0 unspecified atom stereocenters. The van der Waals surface area contributed by atoms with Crippen molar-refractivity contribution in [1.82, 2.24) is 0 Å². The van der Waals surface area contributed by atoms with Crippen LogP contribution < -0.4 is 0 Å². The maximum Gasteiger partial charge on any atom is 0.102 e. The lowest BCUT2D eigenvalue weighted by Gasteiger charge is -2.20. The van der Waals surface area contributed by atoms with Crippen LogP contribution in [0.5, 0.6) is 0 Å². The fraction of sp³-hybridized carbons (Fsp3) is 0.150. The lowest BCUT2D eigenvalue weighted by molar-refractivity contribution is 0.164. The number of hydrogen-bond acceptors (Lipinski definition) is 2. The minimum atomic E-state index is -0.836. The number of fused-ring (bicyclic) bond motifs is 1. The third-order valence-corrected chi connectivity index (χ3v) is 4.12. The second kappa shape index (κ2) is 6.01. The molecule has 0 saturated carbocycles. The summed E-state index contributed by atoms with van der Waals surface area (Å²) in [5.41, 5.74) is 2.67. The van der Waals surface area contributed by atoms with Gasteiger partial charge in [-0.25, -0.2) is 0 Å². The number of nitriles is 1. The van der Waals surface area contributed by atoms with Crippen molar-refractivity contribution in [3.63, 3.8) is 0 Å². The summed E-state index contributed by atoms with van der Waals surface area (Å²) in [7, 11) is 0. The lowest BCUT2D eigenvalue weighted by Crippen LogP contribution is -2.11. The fourth-order valence-corrected chi connectivity index (χ4v) is 2.93. The van der Waals surface area contributed by atoms with E-state index in [0.717, 1.165) is 27.5 Å².